The van der Waals surface area contributed by atoms with E-state index in [-0.39, 0.29) is 48.6 Å². The lowest BCUT2D eigenvalue weighted by Crippen LogP contribution is -2.34. The number of halogens is 4. The number of rotatable bonds is 18. The van der Waals surface area contributed by atoms with Crippen LogP contribution in [0.2, 0.25) is 10.3 Å². The summed E-state index contributed by atoms with van der Waals surface area (Å²) < 4.78 is 13.1. The molecule has 0 radical (unpaired) electrons. The first-order chi connectivity index (χ1) is 36.3. The molecule has 9 rings (SSSR count). The molecule has 2 N–H and O–H groups in total. The molecule has 0 bridgehead atoms. The molecule has 1 fully saturated rings. The molecule has 3 amide bonds. The fraction of sp³-hybridized carbons (Fsp3) is 0.357. The maximum atomic E-state index is 13.5. The van der Waals surface area contributed by atoms with Crippen molar-refractivity contribution in [1.29, 1.82) is 0 Å². The molecule has 0 saturated carbocycles. The van der Waals surface area contributed by atoms with Crippen LogP contribution in [0.15, 0.2) is 116 Å². The number of nitrogens with zero attached hydrogens (tertiary/aromatic N) is 7. The summed E-state index contributed by atoms with van der Waals surface area (Å²) in [6, 6.07) is 29.7. The highest BCUT2D eigenvalue weighted by atomic mass is 79.9. The molecular weight excluding hydrogens is 1130 g/mol. The highest BCUT2D eigenvalue weighted by molar-refractivity contribution is 9.10. The Morgan fingerprint density at radius 3 is 1.56 bits per heavy atom. The number of carboxylic acids is 1. The molecule has 4 aromatic carbocycles. The summed E-state index contributed by atoms with van der Waals surface area (Å²) in [6.45, 7) is 8.85. The standard InChI is InChI=1S/C32H37BrClN5O3.C24H21BrClN3O4/c1-2-42-25-12-9-23-19-26(32(34)36-27(23)20-25)29-21-28(22-7-10-24(33)11-8-22)37-39(29)31(41)14-13-30(40)35-15-6-18-38-16-4-3-5-17-38;1-2-33-17-8-5-15-11-18(24(26)27-19(15)12-17)21-13-20(14-3-6-16(25)7-4-14)28-29(21)22(30)9-10-23(31)32/h7-12,19-20,29H,2-6,13-18,21H2,1H3,(H,35,40);3-8,11-12,21H,2,9-10,13H2,1H3,(H,31,32). The van der Waals surface area contributed by atoms with Gasteiger partial charge in [-0.2, -0.15) is 10.2 Å². The van der Waals surface area contributed by atoms with Crippen molar-refractivity contribution in [3.05, 3.63) is 139 Å². The summed E-state index contributed by atoms with van der Waals surface area (Å²) >= 11 is 20.2. The van der Waals surface area contributed by atoms with Crippen LogP contribution >= 0.6 is 55.1 Å². The number of pyridine rings is 2. The zero-order valence-electron chi connectivity index (χ0n) is 41.7. The van der Waals surface area contributed by atoms with Gasteiger partial charge in [-0.3, -0.25) is 19.2 Å². The van der Waals surface area contributed by atoms with Crippen LogP contribution in [-0.4, -0.2) is 104 Å². The summed E-state index contributed by atoms with van der Waals surface area (Å²) in [5, 5.41) is 26.5. The monoisotopic (exact) mass is 1180 g/mol. The van der Waals surface area contributed by atoms with E-state index in [1.165, 1.54) is 29.3 Å². The van der Waals surface area contributed by atoms with E-state index in [1.54, 1.807) is 0 Å². The molecule has 392 valence electrons. The summed E-state index contributed by atoms with van der Waals surface area (Å²) in [4.78, 5) is 61.7. The van der Waals surface area contributed by atoms with Crippen LogP contribution in [0, 0.1) is 0 Å². The van der Waals surface area contributed by atoms with Crippen molar-refractivity contribution in [3.8, 4) is 11.5 Å². The van der Waals surface area contributed by atoms with Crippen molar-refractivity contribution in [2.45, 2.75) is 90.1 Å². The van der Waals surface area contributed by atoms with Crippen molar-refractivity contribution < 1.29 is 33.8 Å². The third kappa shape index (κ3) is 14.5. The Bertz CT molecular complexity index is 3100. The van der Waals surface area contributed by atoms with Crippen LogP contribution < -0.4 is 14.8 Å². The van der Waals surface area contributed by atoms with Crippen LogP contribution in [0.4, 0.5) is 0 Å². The van der Waals surface area contributed by atoms with Crippen LogP contribution in [0.5, 0.6) is 11.5 Å². The van der Waals surface area contributed by atoms with E-state index in [2.05, 4.69) is 57.1 Å². The van der Waals surface area contributed by atoms with Crippen molar-refractivity contribution in [2.75, 3.05) is 39.4 Å². The number of fused-ring (bicyclic) bond motifs is 2. The molecule has 2 atom stereocenters. The maximum Gasteiger partial charge on any atom is 0.303 e. The highest BCUT2D eigenvalue weighted by Crippen LogP contribution is 2.40. The highest BCUT2D eigenvalue weighted by Gasteiger charge is 2.36. The first-order valence-electron chi connectivity index (χ1n) is 25.2. The summed E-state index contributed by atoms with van der Waals surface area (Å²) in [5.74, 6) is -0.328. The zero-order chi connectivity index (χ0) is 53.0. The van der Waals surface area contributed by atoms with E-state index in [0.717, 1.165) is 85.2 Å². The molecule has 3 aliphatic heterocycles. The molecule has 1 saturated heterocycles. The van der Waals surface area contributed by atoms with Crippen LogP contribution in [0.3, 0.4) is 0 Å². The van der Waals surface area contributed by atoms with Crippen molar-refractivity contribution in [3.63, 3.8) is 0 Å². The summed E-state index contributed by atoms with van der Waals surface area (Å²) in [6.07, 6.45) is 5.40. The van der Waals surface area contributed by atoms with Gasteiger partial charge in [-0.1, -0.05) is 85.7 Å². The van der Waals surface area contributed by atoms with Crippen molar-refractivity contribution in [1.82, 2.24) is 30.2 Å². The van der Waals surface area contributed by atoms with Crippen molar-refractivity contribution in [2.24, 2.45) is 10.2 Å². The van der Waals surface area contributed by atoms with E-state index in [9.17, 15) is 19.2 Å². The molecule has 2 aromatic heterocycles. The number of piperidine rings is 1. The predicted octanol–water partition coefficient (Wildman–Crippen LogP) is 12.1. The third-order valence-corrected chi connectivity index (χ3v) is 14.8. The number of likely N-dealkylation sites (tertiary alicyclic amines) is 1. The first-order valence-corrected chi connectivity index (χ1v) is 27.6. The molecule has 3 aliphatic rings. The maximum absolute atomic E-state index is 13.5. The molecule has 75 heavy (non-hydrogen) atoms. The fourth-order valence-electron chi connectivity index (χ4n) is 9.32. The van der Waals surface area contributed by atoms with Crippen molar-refractivity contribution >= 4 is 112 Å². The van der Waals surface area contributed by atoms with Gasteiger partial charge in [-0.25, -0.2) is 20.0 Å². The van der Waals surface area contributed by atoms with Gasteiger partial charge in [0.1, 0.15) is 21.8 Å². The molecule has 19 heteroatoms. The second-order valence-corrected chi connectivity index (χ2v) is 20.9. The minimum Gasteiger partial charge on any atom is -0.494 e. The molecule has 6 aromatic rings. The number of aliphatic carboxylic acids is 1. The van der Waals surface area contributed by atoms with Crippen LogP contribution in [-0.2, 0) is 19.2 Å². The van der Waals surface area contributed by atoms with Crippen LogP contribution in [0.25, 0.3) is 21.8 Å². The Morgan fingerprint density at radius 2 is 1.11 bits per heavy atom. The van der Waals surface area contributed by atoms with Crippen LogP contribution in [0.1, 0.15) is 112 Å². The number of amides is 3. The normalized spacial score (nSPS) is 16.6. The van der Waals surface area contributed by atoms with Gasteiger partial charge in [-0.15, -0.1) is 0 Å². The van der Waals surface area contributed by atoms with E-state index in [1.807, 2.05) is 111 Å². The van der Waals surface area contributed by atoms with E-state index in [0.29, 0.717) is 54.6 Å². The zero-order valence-corrected chi connectivity index (χ0v) is 46.4. The molecule has 0 aliphatic carbocycles. The number of carboxylic acid groups (broad SMARTS) is 1. The third-order valence-electron chi connectivity index (χ3n) is 13.1. The lowest BCUT2D eigenvalue weighted by Gasteiger charge is -2.26. The number of aromatic nitrogens is 2. The average molecular weight is 1190 g/mol. The topological polar surface area (TPSA) is 179 Å². The Labute approximate surface area is 462 Å². The van der Waals surface area contributed by atoms with Gasteiger partial charge in [0.2, 0.25) is 17.7 Å². The second kappa shape index (κ2) is 26.2. The van der Waals surface area contributed by atoms with E-state index in [4.69, 9.17) is 42.9 Å². The van der Waals surface area contributed by atoms with Gasteiger partial charge >= 0.3 is 5.97 Å². The van der Waals surface area contributed by atoms with E-state index < -0.39 is 18.1 Å². The molecule has 5 heterocycles. The second-order valence-electron chi connectivity index (χ2n) is 18.3. The summed E-state index contributed by atoms with van der Waals surface area (Å²) in [7, 11) is 0. The number of nitrogens with one attached hydrogen (secondary N) is 1. The van der Waals surface area contributed by atoms with Gasteiger partial charge in [-0.05, 0) is 125 Å². The Kier molecular flexibility index (Phi) is 19.3. The smallest absolute Gasteiger partial charge is 0.303 e. The Hall–Kier alpha value is -5.98. The van der Waals surface area contributed by atoms with Gasteiger partial charge in [0.15, 0.2) is 0 Å². The number of hydrazone groups is 2. The average Bonchev–Trinajstić information content (AvgIpc) is 4.06. The largest absolute Gasteiger partial charge is 0.494 e. The Balaban J connectivity index is 0.000000205. The van der Waals surface area contributed by atoms with Gasteiger partial charge < -0.3 is 24.8 Å². The molecular formula is C56H58Br2Cl2N8O7. The molecule has 0 spiro atoms. The predicted molar refractivity (Wildman–Crippen MR) is 300 cm³/mol. The number of hydrogen-bond acceptors (Lipinski definition) is 11. The Morgan fingerprint density at radius 1 is 0.640 bits per heavy atom. The molecule has 15 nitrogen and oxygen atoms in total. The number of carbonyl (C=O) groups is 4. The van der Waals surface area contributed by atoms with E-state index >= 15 is 0 Å². The number of ether oxygens (including phenoxy) is 2. The number of hydrogen-bond donors (Lipinski definition) is 2. The minimum absolute atomic E-state index is 0.0575. The SMILES string of the molecule is CCOc1ccc2cc(C3CC(c4ccc(Br)cc4)=NN3C(=O)CCC(=O)NCCCN3CCCCC3)c(Cl)nc2c1.CCOc1ccc2cc(C3CC(c4ccc(Br)cc4)=NN3C(=O)CCC(=O)O)c(Cl)nc2c1. The fourth-order valence-corrected chi connectivity index (χ4v) is 10.4. The number of benzene rings is 4. The van der Waals surface area contributed by atoms with Gasteiger partial charge in [0.05, 0.1) is 54.2 Å². The number of carbonyl (C=O) groups excluding carboxylic acids is 3. The first kappa shape index (κ1) is 55.3. The molecule has 2 unspecified atom stereocenters. The minimum atomic E-state index is -1.04. The quantitative estimate of drug-likeness (QED) is 0.0621. The van der Waals surface area contributed by atoms with Gasteiger partial charge in [0.25, 0.3) is 0 Å². The summed E-state index contributed by atoms with van der Waals surface area (Å²) in [5.41, 5.74) is 6.10. The van der Waals surface area contributed by atoms with Gasteiger partial charge in [0, 0.05) is 81.6 Å². The lowest BCUT2D eigenvalue weighted by molar-refractivity contribution is -0.141. The lowest BCUT2D eigenvalue weighted by atomic mass is 9.98.